The average Bonchev–Trinajstić information content (AvgIpc) is 3.16. The van der Waals surface area contributed by atoms with Gasteiger partial charge in [0.2, 0.25) is 0 Å². The van der Waals surface area contributed by atoms with Gasteiger partial charge >= 0.3 is 10.2 Å². The third kappa shape index (κ3) is 3.80. The number of hydrazone groups is 1. The number of likely N-dealkylation sites (N-methyl/N-ethyl adjacent to an activating group) is 1. The highest BCUT2D eigenvalue weighted by Gasteiger charge is 2.38. The lowest BCUT2D eigenvalue weighted by atomic mass is 9.91. The molecule has 2 aromatic carbocycles. The molecule has 0 spiro atoms. The molecule has 6 nitrogen and oxygen atoms in total. The number of piperazine rings is 1. The van der Waals surface area contributed by atoms with Crippen molar-refractivity contribution in [1.29, 1.82) is 0 Å². The fourth-order valence-electron chi connectivity index (χ4n) is 3.60. The summed E-state index contributed by atoms with van der Waals surface area (Å²) in [6.07, 6.45) is 0. The Balaban J connectivity index is 1.68. The van der Waals surface area contributed by atoms with Gasteiger partial charge in [0.05, 0.1) is 12.3 Å². The van der Waals surface area contributed by atoms with Crippen LogP contribution in [0.15, 0.2) is 59.7 Å². The number of benzene rings is 2. The Labute approximate surface area is 171 Å². The Bertz CT molecular complexity index is 955. The second kappa shape index (κ2) is 7.83. The van der Waals surface area contributed by atoms with Crippen LogP contribution < -0.4 is 0 Å². The molecule has 2 aliphatic heterocycles. The highest BCUT2D eigenvalue weighted by atomic mass is 35.5. The molecule has 2 aromatic rings. The normalized spacial score (nSPS) is 21.7. The topological polar surface area (TPSA) is 56.2 Å². The number of nitrogens with zero attached hydrogens (tertiary/aromatic N) is 4. The van der Waals surface area contributed by atoms with Gasteiger partial charge in [-0.3, -0.25) is 0 Å². The molecule has 1 unspecified atom stereocenters. The maximum atomic E-state index is 13.2. The summed E-state index contributed by atoms with van der Waals surface area (Å²) < 4.78 is 29.2. The molecule has 0 radical (unpaired) electrons. The molecular weight excluding hydrogens is 396 g/mol. The van der Waals surface area contributed by atoms with Crippen molar-refractivity contribution in [3.63, 3.8) is 0 Å². The first-order valence-corrected chi connectivity index (χ1v) is 11.1. The fourth-order valence-corrected chi connectivity index (χ4v) is 5.15. The van der Waals surface area contributed by atoms with Crippen LogP contribution in [0.25, 0.3) is 0 Å². The maximum Gasteiger partial charge on any atom is 0.319 e. The van der Waals surface area contributed by atoms with Crippen LogP contribution in [0.4, 0.5) is 0 Å². The van der Waals surface area contributed by atoms with Crippen molar-refractivity contribution < 1.29 is 8.42 Å². The highest BCUT2D eigenvalue weighted by Crippen LogP contribution is 2.31. The molecule has 148 valence electrons. The van der Waals surface area contributed by atoms with Crippen LogP contribution in [0, 0.1) is 0 Å². The lowest BCUT2D eigenvalue weighted by Crippen LogP contribution is -2.50. The molecule has 1 saturated heterocycles. The molecule has 0 saturated carbocycles. The molecule has 8 heteroatoms. The van der Waals surface area contributed by atoms with Crippen LogP contribution in [0.2, 0.25) is 5.02 Å². The highest BCUT2D eigenvalue weighted by molar-refractivity contribution is 7.86. The molecule has 0 N–H and O–H groups in total. The van der Waals surface area contributed by atoms with E-state index in [1.54, 1.807) is 12.1 Å². The first kappa shape index (κ1) is 19.4. The smallest absolute Gasteiger partial charge is 0.304 e. The summed E-state index contributed by atoms with van der Waals surface area (Å²) in [6, 6.07) is 17.3. The van der Waals surface area contributed by atoms with Crippen molar-refractivity contribution in [3.8, 4) is 0 Å². The molecule has 1 atom stereocenters. The Morgan fingerprint density at radius 1 is 0.964 bits per heavy atom. The van der Waals surface area contributed by atoms with Crippen molar-refractivity contribution >= 4 is 27.5 Å². The van der Waals surface area contributed by atoms with Gasteiger partial charge in [-0.2, -0.15) is 22.2 Å². The SMILES string of the molecule is CN1CCN(S(=O)(=O)N2CC(c3ccccc3)C(c3ccc(Cl)cc3)=N2)CC1. The molecule has 0 amide bonds. The minimum atomic E-state index is -3.65. The van der Waals surface area contributed by atoms with Gasteiger partial charge < -0.3 is 4.90 Å². The molecule has 0 bridgehead atoms. The van der Waals surface area contributed by atoms with Crippen LogP contribution in [0.3, 0.4) is 0 Å². The van der Waals surface area contributed by atoms with E-state index in [9.17, 15) is 8.42 Å². The summed E-state index contributed by atoms with van der Waals surface area (Å²) in [6.45, 7) is 2.72. The summed E-state index contributed by atoms with van der Waals surface area (Å²) in [4.78, 5) is 2.13. The van der Waals surface area contributed by atoms with Gasteiger partial charge in [0.25, 0.3) is 0 Å². The molecular formula is C20H23ClN4O2S. The number of hydrogen-bond donors (Lipinski definition) is 0. The van der Waals surface area contributed by atoms with E-state index in [1.807, 2.05) is 49.5 Å². The molecule has 2 aliphatic rings. The second-order valence-electron chi connectivity index (χ2n) is 7.17. The second-order valence-corrected chi connectivity index (χ2v) is 9.44. The molecule has 4 rings (SSSR count). The predicted octanol–water partition coefficient (Wildman–Crippen LogP) is 2.64. The number of halogens is 1. The van der Waals surface area contributed by atoms with E-state index in [2.05, 4.69) is 10.0 Å². The largest absolute Gasteiger partial charge is 0.319 e. The van der Waals surface area contributed by atoms with Gasteiger partial charge in [-0.15, -0.1) is 0 Å². The van der Waals surface area contributed by atoms with Gasteiger partial charge in [0.15, 0.2) is 0 Å². The summed E-state index contributed by atoms with van der Waals surface area (Å²) in [5.41, 5.74) is 2.68. The molecule has 0 aliphatic carbocycles. The summed E-state index contributed by atoms with van der Waals surface area (Å²) in [5, 5.41) is 5.21. The van der Waals surface area contributed by atoms with E-state index in [4.69, 9.17) is 11.6 Å². The van der Waals surface area contributed by atoms with E-state index < -0.39 is 10.2 Å². The first-order valence-electron chi connectivity index (χ1n) is 9.31. The van der Waals surface area contributed by atoms with Crippen LogP contribution in [-0.2, 0) is 10.2 Å². The van der Waals surface area contributed by atoms with E-state index >= 15 is 0 Å². The summed E-state index contributed by atoms with van der Waals surface area (Å²) in [7, 11) is -1.65. The average molecular weight is 419 g/mol. The predicted molar refractivity (Wildman–Crippen MR) is 112 cm³/mol. The van der Waals surface area contributed by atoms with Crippen molar-refractivity contribution in [2.45, 2.75) is 5.92 Å². The maximum absolute atomic E-state index is 13.2. The zero-order chi connectivity index (χ0) is 19.7. The monoisotopic (exact) mass is 418 g/mol. The number of hydrogen-bond acceptors (Lipinski definition) is 4. The Morgan fingerprint density at radius 3 is 2.25 bits per heavy atom. The Morgan fingerprint density at radius 2 is 1.61 bits per heavy atom. The van der Waals surface area contributed by atoms with Crippen LogP contribution in [0.1, 0.15) is 17.0 Å². The zero-order valence-corrected chi connectivity index (χ0v) is 17.3. The van der Waals surface area contributed by atoms with Crippen LogP contribution in [0.5, 0.6) is 0 Å². The van der Waals surface area contributed by atoms with Gasteiger partial charge in [-0.1, -0.05) is 54.1 Å². The lowest BCUT2D eigenvalue weighted by molar-refractivity contribution is 0.213. The van der Waals surface area contributed by atoms with Crippen LogP contribution in [-0.4, -0.2) is 67.5 Å². The minimum Gasteiger partial charge on any atom is -0.304 e. The van der Waals surface area contributed by atoms with Crippen molar-refractivity contribution in [1.82, 2.24) is 13.6 Å². The van der Waals surface area contributed by atoms with E-state index in [0.717, 1.165) is 29.9 Å². The summed E-state index contributed by atoms with van der Waals surface area (Å²) in [5.74, 6) is -0.121. The zero-order valence-electron chi connectivity index (χ0n) is 15.7. The van der Waals surface area contributed by atoms with E-state index in [0.29, 0.717) is 24.7 Å². The number of rotatable bonds is 4. The molecule has 0 aromatic heterocycles. The van der Waals surface area contributed by atoms with Gasteiger partial charge in [0.1, 0.15) is 0 Å². The third-order valence-electron chi connectivity index (χ3n) is 5.28. The molecule has 28 heavy (non-hydrogen) atoms. The van der Waals surface area contributed by atoms with E-state index in [-0.39, 0.29) is 5.92 Å². The van der Waals surface area contributed by atoms with Gasteiger partial charge in [0, 0.05) is 37.1 Å². The van der Waals surface area contributed by atoms with Crippen molar-refractivity contribution in [2.24, 2.45) is 5.10 Å². The fraction of sp³-hybridized carbons (Fsp3) is 0.350. The third-order valence-corrected chi connectivity index (χ3v) is 7.32. The van der Waals surface area contributed by atoms with Gasteiger partial charge in [-0.25, -0.2) is 0 Å². The standard InChI is InChI=1S/C20H23ClN4O2S/c1-23-11-13-24(14-12-23)28(26,27)25-15-19(16-5-3-2-4-6-16)20(22-25)17-7-9-18(21)10-8-17/h2-10,19H,11-15H2,1H3. The lowest BCUT2D eigenvalue weighted by Gasteiger charge is -2.33. The quantitative estimate of drug-likeness (QED) is 0.767. The van der Waals surface area contributed by atoms with Crippen molar-refractivity contribution in [2.75, 3.05) is 39.8 Å². The van der Waals surface area contributed by atoms with E-state index in [1.165, 1.54) is 8.72 Å². The van der Waals surface area contributed by atoms with Gasteiger partial charge in [-0.05, 0) is 30.3 Å². The Kier molecular flexibility index (Phi) is 5.42. The summed E-state index contributed by atoms with van der Waals surface area (Å²) >= 11 is 6.03. The van der Waals surface area contributed by atoms with Crippen LogP contribution >= 0.6 is 11.6 Å². The molecule has 2 heterocycles. The Hall–Kier alpha value is -1.93. The molecule has 1 fully saturated rings. The first-order chi connectivity index (χ1) is 13.4. The van der Waals surface area contributed by atoms with Crippen molar-refractivity contribution in [3.05, 3.63) is 70.7 Å². The minimum absolute atomic E-state index is 0.121.